The summed E-state index contributed by atoms with van der Waals surface area (Å²) in [6.07, 6.45) is 1.43. The lowest BCUT2D eigenvalue weighted by molar-refractivity contribution is -0.123. The fraction of sp³-hybridized carbons (Fsp3) is 0.176. The minimum atomic E-state index is -0.373. The number of aromatic hydroxyl groups is 1. The summed E-state index contributed by atoms with van der Waals surface area (Å²) in [4.78, 5) is 11.7. The monoisotopic (exact) mass is 454 g/mol. The third-order valence-corrected chi connectivity index (χ3v) is 4.63. The molecule has 1 amide bonds. The first-order valence-corrected chi connectivity index (χ1v) is 8.65. The molecule has 0 unspecified atom stereocenters. The van der Waals surface area contributed by atoms with Crippen molar-refractivity contribution in [2.24, 2.45) is 5.10 Å². The van der Waals surface area contributed by atoms with E-state index in [2.05, 4.69) is 42.4 Å². The summed E-state index contributed by atoms with van der Waals surface area (Å²) >= 11 is 6.57. The second kappa shape index (κ2) is 8.30. The number of carbonyl (C=O) groups is 1. The average Bonchev–Trinajstić information content (AvgIpc) is 2.53. The lowest BCUT2D eigenvalue weighted by Crippen LogP contribution is -2.24. The van der Waals surface area contributed by atoms with Crippen molar-refractivity contribution in [1.82, 2.24) is 5.43 Å². The third kappa shape index (κ3) is 5.07. The SMILES string of the molecule is Cc1ccc(OCC(=O)N/N=C\c2cc(O)c(Br)cc2Br)cc1C. The van der Waals surface area contributed by atoms with Crippen LogP contribution in [0.2, 0.25) is 0 Å². The van der Waals surface area contributed by atoms with Crippen LogP contribution in [-0.4, -0.2) is 23.8 Å². The van der Waals surface area contributed by atoms with Crippen LogP contribution < -0.4 is 10.2 Å². The molecule has 7 heteroatoms. The number of phenols is 1. The topological polar surface area (TPSA) is 70.9 Å². The summed E-state index contributed by atoms with van der Waals surface area (Å²) in [6.45, 7) is 3.86. The largest absolute Gasteiger partial charge is 0.507 e. The van der Waals surface area contributed by atoms with Gasteiger partial charge in [-0.15, -0.1) is 0 Å². The van der Waals surface area contributed by atoms with Gasteiger partial charge >= 0.3 is 0 Å². The van der Waals surface area contributed by atoms with Crippen LogP contribution >= 0.6 is 31.9 Å². The molecule has 2 N–H and O–H groups in total. The molecule has 126 valence electrons. The van der Waals surface area contributed by atoms with Crippen LogP contribution in [0.1, 0.15) is 16.7 Å². The molecule has 0 atom stereocenters. The first-order valence-electron chi connectivity index (χ1n) is 7.07. The normalized spacial score (nSPS) is 10.8. The Morgan fingerprint density at radius 2 is 1.96 bits per heavy atom. The summed E-state index contributed by atoms with van der Waals surface area (Å²) in [7, 11) is 0. The Kier molecular flexibility index (Phi) is 6.39. The van der Waals surface area contributed by atoms with E-state index < -0.39 is 0 Å². The maximum absolute atomic E-state index is 11.7. The molecule has 0 aliphatic carbocycles. The lowest BCUT2D eigenvalue weighted by Gasteiger charge is -2.07. The van der Waals surface area contributed by atoms with E-state index in [1.165, 1.54) is 17.8 Å². The predicted octanol–water partition coefficient (Wildman–Crippen LogP) is 4.06. The van der Waals surface area contributed by atoms with E-state index in [1.807, 2.05) is 32.0 Å². The molecule has 2 aromatic rings. The van der Waals surface area contributed by atoms with Crippen LogP contribution in [0.25, 0.3) is 0 Å². The highest BCUT2D eigenvalue weighted by Gasteiger charge is 2.05. The van der Waals surface area contributed by atoms with Gasteiger partial charge in [0, 0.05) is 10.0 Å². The summed E-state index contributed by atoms with van der Waals surface area (Å²) < 4.78 is 6.72. The van der Waals surface area contributed by atoms with Crippen LogP contribution in [0.5, 0.6) is 11.5 Å². The molecule has 0 aliphatic rings. The molecule has 2 rings (SSSR count). The van der Waals surface area contributed by atoms with Crippen LogP contribution in [0.3, 0.4) is 0 Å². The zero-order valence-electron chi connectivity index (χ0n) is 13.1. The number of nitrogens with one attached hydrogen (secondary N) is 1. The number of halogens is 2. The van der Waals surface area contributed by atoms with Gasteiger partial charge in [-0.05, 0) is 65.2 Å². The summed E-state index contributed by atoms with van der Waals surface area (Å²) in [5.74, 6) is 0.351. The Labute approximate surface area is 157 Å². The number of hydrogen-bond acceptors (Lipinski definition) is 4. The molecule has 2 aromatic carbocycles. The Bertz CT molecular complexity index is 792. The van der Waals surface area contributed by atoms with Gasteiger partial charge in [-0.1, -0.05) is 22.0 Å². The standard InChI is InChI=1S/C17H16Br2N2O3/c1-10-3-4-13(5-11(10)2)24-9-17(23)21-20-8-12-6-16(22)15(19)7-14(12)18/h3-8,22H,9H2,1-2H3,(H,21,23)/b20-8-. The van der Waals surface area contributed by atoms with Gasteiger partial charge in [0.1, 0.15) is 11.5 Å². The first kappa shape index (κ1) is 18.5. The van der Waals surface area contributed by atoms with E-state index in [1.54, 1.807) is 6.07 Å². The first-order chi connectivity index (χ1) is 11.4. The van der Waals surface area contributed by atoms with Gasteiger partial charge < -0.3 is 9.84 Å². The molecule has 0 heterocycles. The zero-order chi connectivity index (χ0) is 17.7. The Morgan fingerprint density at radius 3 is 2.67 bits per heavy atom. The van der Waals surface area contributed by atoms with E-state index in [4.69, 9.17) is 4.74 Å². The molecular weight excluding hydrogens is 440 g/mol. The van der Waals surface area contributed by atoms with Gasteiger partial charge in [-0.3, -0.25) is 4.79 Å². The van der Waals surface area contributed by atoms with E-state index in [0.717, 1.165) is 10.0 Å². The summed E-state index contributed by atoms with van der Waals surface area (Å²) in [5.41, 5.74) is 5.28. The van der Waals surface area contributed by atoms with E-state index in [9.17, 15) is 9.90 Å². The van der Waals surface area contributed by atoms with Gasteiger partial charge in [0.05, 0.1) is 10.7 Å². The highest BCUT2D eigenvalue weighted by Crippen LogP contribution is 2.29. The van der Waals surface area contributed by atoms with Gasteiger partial charge in [0.2, 0.25) is 0 Å². The van der Waals surface area contributed by atoms with E-state index in [-0.39, 0.29) is 18.3 Å². The molecule has 0 aliphatic heterocycles. The number of carbonyl (C=O) groups excluding carboxylic acids is 1. The van der Waals surface area contributed by atoms with Crippen LogP contribution in [0, 0.1) is 13.8 Å². The number of rotatable bonds is 5. The van der Waals surface area contributed by atoms with Crippen molar-refractivity contribution in [3.05, 3.63) is 56.0 Å². The lowest BCUT2D eigenvalue weighted by atomic mass is 10.1. The second-order valence-electron chi connectivity index (χ2n) is 5.15. The average molecular weight is 456 g/mol. The van der Waals surface area contributed by atoms with Crippen molar-refractivity contribution in [2.45, 2.75) is 13.8 Å². The summed E-state index contributed by atoms with van der Waals surface area (Å²) in [6, 6.07) is 8.86. The number of hydrazone groups is 1. The fourth-order valence-corrected chi connectivity index (χ4v) is 2.91. The maximum Gasteiger partial charge on any atom is 0.277 e. The molecule has 24 heavy (non-hydrogen) atoms. The number of nitrogens with zero attached hydrogens (tertiary/aromatic N) is 1. The number of phenolic OH excluding ortho intramolecular Hbond substituents is 1. The molecule has 0 fully saturated rings. The Morgan fingerprint density at radius 1 is 1.21 bits per heavy atom. The fourth-order valence-electron chi connectivity index (χ4n) is 1.81. The Balaban J connectivity index is 1.89. The molecule has 0 spiro atoms. The number of aryl methyl sites for hydroxylation is 2. The van der Waals surface area contributed by atoms with Crippen molar-refractivity contribution in [2.75, 3.05) is 6.61 Å². The van der Waals surface area contributed by atoms with E-state index in [0.29, 0.717) is 15.8 Å². The van der Waals surface area contributed by atoms with Crippen molar-refractivity contribution in [3.63, 3.8) is 0 Å². The molecule has 5 nitrogen and oxygen atoms in total. The van der Waals surface area contributed by atoms with Gasteiger partial charge in [0.25, 0.3) is 5.91 Å². The van der Waals surface area contributed by atoms with Crippen molar-refractivity contribution in [1.29, 1.82) is 0 Å². The molecule has 0 bridgehead atoms. The molecule has 0 radical (unpaired) electrons. The second-order valence-corrected chi connectivity index (χ2v) is 6.86. The number of benzene rings is 2. The number of ether oxygens (including phenoxy) is 1. The van der Waals surface area contributed by atoms with Crippen molar-refractivity contribution < 1.29 is 14.6 Å². The zero-order valence-corrected chi connectivity index (χ0v) is 16.3. The predicted molar refractivity (Wildman–Crippen MR) is 101 cm³/mol. The van der Waals surface area contributed by atoms with Gasteiger partial charge in [-0.2, -0.15) is 5.10 Å². The summed E-state index contributed by atoms with van der Waals surface area (Å²) in [5, 5.41) is 13.5. The molecular formula is C17H16Br2N2O3. The van der Waals surface area contributed by atoms with Crippen molar-refractivity contribution >= 4 is 44.0 Å². The highest BCUT2D eigenvalue weighted by atomic mass is 79.9. The number of hydrogen-bond donors (Lipinski definition) is 2. The van der Waals surface area contributed by atoms with Crippen LogP contribution in [0.15, 0.2) is 44.4 Å². The maximum atomic E-state index is 11.7. The van der Waals surface area contributed by atoms with Gasteiger partial charge in [0.15, 0.2) is 6.61 Å². The molecule has 0 aromatic heterocycles. The van der Waals surface area contributed by atoms with E-state index >= 15 is 0 Å². The molecule has 0 saturated heterocycles. The molecule has 0 saturated carbocycles. The smallest absolute Gasteiger partial charge is 0.277 e. The van der Waals surface area contributed by atoms with Crippen LogP contribution in [0.4, 0.5) is 0 Å². The minimum Gasteiger partial charge on any atom is -0.507 e. The minimum absolute atomic E-state index is 0.0871. The third-order valence-electron chi connectivity index (χ3n) is 3.31. The highest BCUT2D eigenvalue weighted by molar-refractivity contribution is 9.11. The number of amides is 1. The quantitative estimate of drug-likeness (QED) is 0.527. The van der Waals surface area contributed by atoms with Gasteiger partial charge in [-0.25, -0.2) is 5.43 Å². The van der Waals surface area contributed by atoms with Crippen molar-refractivity contribution in [3.8, 4) is 11.5 Å². The van der Waals surface area contributed by atoms with Crippen LogP contribution in [-0.2, 0) is 4.79 Å². The Hall–Kier alpha value is -1.86.